The van der Waals surface area contributed by atoms with Gasteiger partial charge in [-0.15, -0.1) is 0 Å². The molecule has 0 aliphatic heterocycles. The molecule has 0 aliphatic carbocycles. The number of hydrazone groups is 1. The minimum absolute atomic E-state index is 0.206. The van der Waals surface area contributed by atoms with Gasteiger partial charge in [0, 0.05) is 11.8 Å². The van der Waals surface area contributed by atoms with E-state index >= 15 is 0 Å². The fourth-order valence-electron chi connectivity index (χ4n) is 2.73. The van der Waals surface area contributed by atoms with Crippen LogP contribution in [0, 0.1) is 0 Å². The number of aromatic amines is 1. The van der Waals surface area contributed by atoms with Crippen molar-refractivity contribution in [2.24, 2.45) is 5.10 Å². The van der Waals surface area contributed by atoms with Gasteiger partial charge in [-0.3, -0.25) is 9.78 Å². The molecule has 29 heavy (non-hydrogen) atoms. The lowest BCUT2D eigenvalue weighted by molar-refractivity contribution is 0.284. The summed E-state index contributed by atoms with van der Waals surface area (Å²) in [6.07, 6.45) is 3.28. The number of benzene rings is 2. The molecule has 2 N–H and O–H groups in total. The van der Waals surface area contributed by atoms with Gasteiger partial charge in [0.2, 0.25) is 5.95 Å². The molecular weight excluding hydrogens is 368 g/mol. The van der Waals surface area contributed by atoms with Crippen molar-refractivity contribution in [3.05, 3.63) is 81.8 Å². The first-order valence-corrected chi connectivity index (χ1v) is 9.42. The summed E-state index contributed by atoms with van der Waals surface area (Å²) >= 11 is 0. The van der Waals surface area contributed by atoms with Gasteiger partial charge in [0.25, 0.3) is 5.56 Å². The van der Waals surface area contributed by atoms with E-state index in [1.807, 2.05) is 55.5 Å². The minimum atomic E-state index is -0.206. The number of methoxy groups -OCH3 is 1. The highest BCUT2D eigenvalue weighted by Crippen LogP contribution is 2.28. The van der Waals surface area contributed by atoms with Crippen molar-refractivity contribution in [3.8, 4) is 11.5 Å². The maximum absolute atomic E-state index is 11.7. The van der Waals surface area contributed by atoms with E-state index in [1.165, 1.54) is 6.07 Å². The summed E-state index contributed by atoms with van der Waals surface area (Å²) in [5.41, 5.74) is 5.18. The average molecular weight is 392 g/mol. The SMILES string of the molecule is CCCc1cc(=O)[nH]c(N/N=C/c2ccc(OCc3ccccc3)c(OC)c2)n1. The molecule has 0 saturated heterocycles. The summed E-state index contributed by atoms with van der Waals surface area (Å²) in [6, 6.07) is 17.0. The predicted octanol–water partition coefficient (Wildman–Crippen LogP) is 3.76. The lowest BCUT2D eigenvalue weighted by atomic mass is 10.2. The molecular formula is C22H24N4O3. The van der Waals surface area contributed by atoms with Crippen LogP contribution in [0.3, 0.4) is 0 Å². The number of hydrogen-bond acceptors (Lipinski definition) is 6. The quantitative estimate of drug-likeness (QED) is 0.428. The zero-order valence-electron chi connectivity index (χ0n) is 16.5. The second-order valence-electron chi connectivity index (χ2n) is 6.39. The fraction of sp³-hybridized carbons (Fsp3) is 0.227. The third-order valence-electron chi connectivity index (χ3n) is 4.11. The summed E-state index contributed by atoms with van der Waals surface area (Å²) in [5, 5.41) is 4.15. The van der Waals surface area contributed by atoms with Gasteiger partial charge < -0.3 is 9.47 Å². The molecule has 0 spiro atoms. The van der Waals surface area contributed by atoms with E-state index in [-0.39, 0.29) is 5.56 Å². The van der Waals surface area contributed by atoms with Crippen LogP contribution in [0.4, 0.5) is 5.95 Å². The number of H-pyrrole nitrogens is 1. The smallest absolute Gasteiger partial charge is 0.252 e. The van der Waals surface area contributed by atoms with Crippen LogP contribution >= 0.6 is 0 Å². The number of nitrogens with one attached hydrogen (secondary N) is 2. The summed E-state index contributed by atoms with van der Waals surface area (Å²) < 4.78 is 11.3. The molecule has 7 heteroatoms. The van der Waals surface area contributed by atoms with E-state index in [0.29, 0.717) is 24.1 Å². The molecule has 7 nitrogen and oxygen atoms in total. The fourth-order valence-corrected chi connectivity index (χ4v) is 2.73. The molecule has 1 aromatic heterocycles. The van der Waals surface area contributed by atoms with Crippen molar-refractivity contribution in [1.82, 2.24) is 9.97 Å². The number of anilines is 1. The normalized spacial score (nSPS) is 10.8. The summed E-state index contributed by atoms with van der Waals surface area (Å²) in [5.74, 6) is 1.58. The van der Waals surface area contributed by atoms with Crippen molar-refractivity contribution in [2.75, 3.05) is 12.5 Å². The van der Waals surface area contributed by atoms with Crippen LogP contribution in [0.5, 0.6) is 11.5 Å². The number of aryl methyl sites for hydroxylation is 1. The van der Waals surface area contributed by atoms with Gasteiger partial charge in [0.05, 0.1) is 13.3 Å². The third kappa shape index (κ3) is 5.93. The lowest BCUT2D eigenvalue weighted by Crippen LogP contribution is -2.12. The van der Waals surface area contributed by atoms with E-state index in [9.17, 15) is 4.79 Å². The van der Waals surface area contributed by atoms with Crippen molar-refractivity contribution >= 4 is 12.2 Å². The van der Waals surface area contributed by atoms with Crippen LogP contribution in [-0.4, -0.2) is 23.3 Å². The van der Waals surface area contributed by atoms with Gasteiger partial charge in [-0.05, 0) is 35.7 Å². The van der Waals surface area contributed by atoms with Gasteiger partial charge in [0.1, 0.15) is 6.61 Å². The van der Waals surface area contributed by atoms with Gasteiger partial charge in [0.15, 0.2) is 11.5 Å². The Kier molecular flexibility index (Phi) is 7.00. The summed E-state index contributed by atoms with van der Waals surface area (Å²) in [4.78, 5) is 18.6. The Morgan fingerprint density at radius 3 is 2.72 bits per heavy atom. The predicted molar refractivity (Wildman–Crippen MR) is 114 cm³/mol. The number of hydrogen-bond donors (Lipinski definition) is 2. The highest BCUT2D eigenvalue weighted by molar-refractivity contribution is 5.81. The lowest BCUT2D eigenvalue weighted by Gasteiger charge is -2.11. The number of aromatic nitrogens is 2. The topological polar surface area (TPSA) is 88.6 Å². The molecule has 0 aliphatic rings. The highest BCUT2D eigenvalue weighted by atomic mass is 16.5. The maximum Gasteiger partial charge on any atom is 0.252 e. The minimum Gasteiger partial charge on any atom is -0.493 e. The zero-order valence-corrected chi connectivity index (χ0v) is 16.5. The van der Waals surface area contributed by atoms with Crippen LogP contribution in [0.15, 0.2) is 64.5 Å². The Bertz CT molecular complexity index is 1020. The molecule has 3 rings (SSSR count). The largest absolute Gasteiger partial charge is 0.493 e. The molecule has 150 valence electrons. The first kappa shape index (κ1) is 20.1. The van der Waals surface area contributed by atoms with Gasteiger partial charge >= 0.3 is 0 Å². The van der Waals surface area contributed by atoms with E-state index in [2.05, 4.69) is 20.5 Å². The monoisotopic (exact) mass is 392 g/mol. The Labute approximate surface area is 169 Å². The molecule has 0 bridgehead atoms. The highest BCUT2D eigenvalue weighted by Gasteiger charge is 2.06. The van der Waals surface area contributed by atoms with Crippen LogP contribution in [0.1, 0.15) is 30.2 Å². The van der Waals surface area contributed by atoms with Crippen LogP contribution in [-0.2, 0) is 13.0 Å². The van der Waals surface area contributed by atoms with Gasteiger partial charge in [-0.25, -0.2) is 10.4 Å². The summed E-state index contributed by atoms with van der Waals surface area (Å²) in [7, 11) is 1.60. The van der Waals surface area contributed by atoms with E-state index < -0.39 is 0 Å². The van der Waals surface area contributed by atoms with Crippen molar-refractivity contribution < 1.29 is 9.47 Å². The first-order chi connectivity index (χ1) is 14.2. The molecule has 1 heterocycles. The van der Waals surface area contributed by atoms with Crippen LogP contribution in [0.2, 0.25) is 0 Å². The van der Waals surface area contributed by atoms with Gasteiger partial charge in [-0.1, -0.05) is 43.7 Å². The Morgan fingerprint density at radius 1 is 1.14 bits per heavy atom. The Balaban J connectivity index is 1.66. The number of nitrogens with zero attached hydrogens (tertiary/aromatic N) is 2. The average Bonchev–Trinajstić information content (AvgIpc) is 2.73. The standard InChI is InChI=1S/C22H24N4O3/c1-3-7-18-13-21(27)25-22(24-18)26-23-14-17-10-11-19(20(12-17)28-2)29-15-16-8-5-4-6-9-16/h4-6,8-14H,3,7,15H2,1-2H3,(H2,24,25,26,27)/b23-14+. The number of ether oxygens (including phenoxy) is 2. The Morgan fingerprint density at radius 2 is 1.97 bits per heavy atom. The second-order valence-corrected chi connectivity index (χ2v) is 6.39. The van der Waals surface area contributed by atoms with Crippen LogP contribution in [0.25, 0.3) is 0 Å². The van der Waals surface area contributed by atoms with Gasteiger partial charge in [-0.2, -0.15) is 5.10 Å². The van der Waals surface area contributed by atoms with Crippen molar-refractivity contribution in [1.29, 1.82) is 0 Å². The molecule has 0 amide bonds. The van der Waals surface area contributed by atoms with Crippen LogP contribution < -0.4 is 20.5 Å². The molecule has 0 fully saturated rings. The molecule has 0 saturated carbocycles. The first-order valence-electron chi connectivity index (χ1n) is 9.42. The van der Waals surface area contributed by atoms with E-state index in [4.69, 9.17) is 9.47 Å². The molecule has 0 radical (unpaired) electrons. The molecule has 3 aromatic rings. The maximum atomic E-state index is 11.7. The Hall–Kier alpha value is -3.61. The van der Waals surface area contributed by atoms with E-state index in [1.54, 1.807) is 13.3 Å². The molecule has 0 unspecified atom stereocenters. The number of rotatable bonds is 9. The third-order valence-corrected chi connectivity index (χ3v) is 4.11. The van der Waals surface area contributed by atoms with Crippen molar-refractivity contribution in [3.63, 3.8) is 0 Å². The van der Waals surface area contributed by atoms with Crippen molar-refractivity contribution in [2.45, 2.75) is 26.4 Å². The summed E-state index contributed by atoms with van der Waals surface area (Å²) in [6.45, 7) is 2.49. The zero-order chi connectivity index (χ0) is 20.5. The second kappa shape index (κ2) is 10.1. The molecule has 2 aromatic carbocycles. The van der Waals surface area contributed by atoms with E-state index in [0.717, 1.165) is 29.7 Å². The molecule has 0 atom stereocenters.